The van der Waals surface area contributed by atoms with Crippen LogP contribution in [0.4, 0.5) is 5.95 Å². The van der Waals surface area contributed by atoms with E-state index in [4.69, 9.17) is 5.73 Å². The Morgan fingerprint density at radius 3 is 3.10 bits per heavy atom. The number of aryl methyl sites for hydroxylation is 1. The van der Waals surface area contributed by atoms with E-state index < -0.39 is 0 Å². The van der Waals surface area contributed by atoms with Crippen LogP contribution in [0.15, 0.2) is 18.2 Å². The van der Waals surface area contributed by atoms with Gasteiger partial charge in [-0.25, -0.2) is 0 Å². The average Bonchev–Trinajstić information content (AvgIpc) is 3.00. The van der Waals surface area contributed by atoms with Gasteiger partial charge < -0.3 is 15.7 Å². The number of H-pyrrole nitrogens is 1. The molecule has 1 saturated heterocycles. The zero-order valence-electron chi connectivity index (χ0n) is 12.2. The van der Waals surface area contributed by atoms with Crippen LogP contribution in [0.5, 0.6) is 5.75 Å². The highest BCUT2D eigenvalue weighted by molar-refractivity contribution is 5.59. The number of phenols is 1. The summed E-state index contributed by atoms with van der Waals surface area (Å²) in [7, 11) is 0. The Morgan fingerprint density at radius 1 is 1.48 bits per heavy atom. The van der Waals surface area contributed by atoms with Crippen molar-refractivity contribution in [2.75, 3.05) is 24.5 Å². The molecule has 0 saturated carbocycles. The third-order valence-electron chi connectivity index (χ3n) is 4.08. The van der Waals surface area contributed by atoms with Gasteiger partial charge in [0.05, 0.1) is 0 Å². The largest absolute Gasteiger partial charge is 0.508 e. The van der Waals surface area contributed by atoms with E-state index in [0.29, 0.717) is 18.2 Å². The lowest BCUT2D eigenvalue weighted by atomic mass is 9.99. The van der Waals surface area contributed by atoms with E-state index >= 15 is 0 Å². The fourth-order valence-corrected chi connectivity index (χ4v) is 2.77. The van der Waals surface area contributed by atoms with Gasteiger partial charge in [0.15, 0.2) is 5.82 Å². The number of aromatic nitrogens is 3. The quantitative estimate of drug-likeness (QED) is 0.798. The third kappa shape index (κ3) is 2.85. The maximum absolute atomic E-state index is 9.59. The molecule has 3 rings (SSSR count). The number of aromatic hydroxyl groups is 1. The van der Waals surface area contributed by atoms with Gasteiger partial charge in [-0.15, -0.1) is 5.10 Å². The van der Waals surface area contributed by atoms with Crippen molar-refractivity contribution in [3.63, 3.8) is 0 Å². The zero-order chi connectivity index (χ0) is 14.8. The molecule has 6 heteroatoms. The maximum atomic E-state index is 9.59. The molecular weight excluding hydrogens is 266 g/mol. The van der Waals surface area contributed by atoms with Crippen molar-refractivity contribution in [3.05, 3.63) is 23.8 Å². The van der Waals surface area contributed by atoms with Gasteiger partial charge in [-0.1, -0.05) is 0 Å². The van der Waals surface area contributed by atoms with Crippen molar-refractivity contribution >= 4 is 5.95 Å². The van der Waals surface area contributed by atoms with E-state index in [0.717, 1.165) is 42.4 Å². The van der Waals surface area contributed by atoms with Gasteiger partial charge in [0, 0.05) is 18.7 Å². The molecule has 1 aliphatic rings. The van der Waals surface area contributed by atoms with Crippen molar-refractivity contribution in [1.82, 2.24) is 15.2 Å². The third-order valence-corrected chi connectivity index (χ3v) is 4.08. The molecule has 0 amide bonds. The number of rotatable bonds is 3. The minimum Gasteiger partial charge on any atom is -0.508 e. The minimum atomic E-state index is 0.292. The monoisotopic (exact) mass is 287 g/mol. The lowest BCUT2D eigenvalue weighted by Crippen LogP contribution is -2.38. The number of nitrogens with two attached hydrogens (primary N) is 1. The smallest absolute Gasteiger partial charge is 0.245 e. The fourth-order valence-electron chi connectivity index (χ4n) is 2.77. The molecule has 1 aliphatic heterocycles. The van der Waals surface area contributed by atoms with E-state index in [1.807, 2.05) is 19.1 Å². The average molecular weight is 287 g/mol. The highest BCUT2D eigenvalue weighted by Crippen LogP contribution is 2.25. The van der Waals surface area contributed by atoms with E-state index in [2.05, 4.69) is 20.1 Å². The predicted molar refractivity (Wildman–Crippen MR) is 82.2 cm³/mol. The Morgan fingerprint density at radius 2 is 2.33 bits per heavy atom. The highest BCUT2D eigenvalue weighted by Gasteiger charge is 2.22. The number of phenolic OH excluding ortho intramolecular Hbond substituents is 1. The molecule has 1 fully saturated rings. The lowest BCUT2D eigenvalue weighted by molar-refractivity contribution is 0.420. The van der Waals surface area contributed by atoms with Gasteiger partial charge in [-0.2, -0.15) is 4.98 Å². The van der Waals surface area contributed by atoms with Gasteiger partial charge >= 0.3 is 0 Å². The van der Waals surface area contributed by atoms with Crippen molar-refractivity contribution < 1.29 is 5.11 Å². The summed E-state index contributed by atoms with van der Waals surface area (Å²) < 4.78 is 0. The first kappa shape index (κ1) is 13.9. The summed E-state index contributed by atoms with van der Waals surface area (Å²) in [6, 6.07) is 5.42. The van der Waals surface area contributed by atoms with Gasteiger partial charge in [-0.3, -0.25) is 5.10 Å². The maximum Gasteiger partial charge on any atom is 0.245 e. The Balaban J connectivity index is 1.81. The number of nitrogens with one attached hydrogen (secondary N) is 1. The molecule has 0 spiro atoms. The number of nitrogens with zero attached hydrogens (tertiary/aromatic N) is 3. The molecule has 6 nitrogen and oxygen atoms in total. The molecule has 0 bridgehead atoms. The number of benzene rings is 1. The summed E-state index contributed by atoms with van der Waals surface area (Å²) in [6.07, 6.45) is 2.31. The van der Waals surface area contributed by atoms with Crippen molar-refractivity contribution in [2.24, 2.45) is 11.7 Å². The molecule has 2 aromatic rings. The number of hydrogen-bond acceptors (Lipinski definition) is 5. The van der Waals surface area contributed by atoms with Crippen LogP contribution in [-0.4, -0.2) is 39.9 Å². The Kier molecular flexibility index (Phi) is 3.79. The zero-order valence-corrected chi connectivity index (χ0v) is 12.2. The standard InChI is InChI=1S/C15H21N5O/c1-10-7-12(4-5-13(10)21)14-17-15(19-18-14)20-6-2-3-11(8-16)9-20/h4-5,7,11,21H,2-3,6,8-9,16H2,1H3,(H,17,18,19). The number of piperidine rings is 1. The van der Waals surface area contributed by atoms with Crippen LogP contribution in [0.3, 0.4) is 0 Å². The summed E-state index contributed by atoms with van der Waals surface area (Å²) in [5, 5.41) is 16.9. The summed E-state index contributed by atoms with van der Waals surface area (Å²) in [6.45, 7) is 4.47. The van der Waals surface area contributed by atoms with E-state index in [9.17, 15) is 5.11 Å². The van der Waals surface area contributed by atoms with Crippen molar-refractivity contribution in [2.45, 2.75) is 19.8 Å². The first-order valence-electron chi connectivity index (χ1n) is 7.35. The Bertz CT molecular complexity index is 624. The van der Waals surface area contributed by atoms with Crippen LogP contribution < -0.4 is 10.6 Å². The first-order chi connectivity index (χ1) is 10.2. The number of aromatic amines is 1. The normalized spacial score (nSPS) is 19.0. The predicted octanol–water partition coefficient (Wildman–Crippen LogP) is 1.66. The molecule has 1 unspecified atom stereocenters. The summed E-state index contributed by atoms with van der Waals surface area (Å²) in [4.78, 5) is 6.77. The van der Waals surface area contributed by atoms with Gasteiger partial charge in [0.1, 0.15) is 5.75 Å². The summed E-state index contributed by atoms with van der Waals surface area (Å²) in [5.74, 6) is 2.27. The highest BCUT2D eigenvalue weighted by atomic mass is 16.3. The molecule has 1 aromatic carbocycles. The molecule has 4 N–H and O–H groups in total. The molecule has 112 valence electrons. The first-order valence-corrected chi connectivity index (χ1v) is 7.35. The minimum absolute atomic E-state index is 0.292. The Hall–Kier alpha value is -2.08. The van der Waals surface area contributed by atoms with Gasteiger partial charge in [-0.05, 0) is 56.0 Å². The topological polar surface area (TPSA) is 91.1 Å². The van der Waals surface area contributed by atoms with Crippen LogP contribution in [0.2, 0.25) is 0 Å². The van der Waals surface area contributed by atoms with Crippen molar-refractivity contribution in [3.8, 4) is 17.1 Å². The number of anilines is 1. The molecule has 1 aromatic heterocycles. The SMILES string of the molecule is Cc1cc(-c2nc(N3CCCC(CN)C3)n[nH]2)ccc1O. The second kappa shape index (κ2) is 5.73. The summed E-state index contributed by atoms with van der Waals surface area (Å²) in [5.41, 5.74) is 7.52. The summed E-state index contributed by atoms with van der Waals surface area (Å²) >= 11 is 0. The van der Waals surface area contributed by atoms with Crippen LogP contribution in [0, 0.1) is 12.8 Å². The van der Waals surface area contributed by atoms with Gasteiger partial charge in [0.2, 0.25) is 5.95 Å². The van der Waals surface area contributed by atoms with Crippen LogP contribution in [-0.2, 0) is 0 Å². The van der Waals surface area contributed by atoms with Crippen LogP contribution in [0.1, 0.15) is 18.4 Å². The second-order valence-electron chi connectivity index (χ2n) is 5.68. The van der Waals surface area contributed by atoms with E-state index in [1.165, 1.54) is 6.42 Å². The molecular formula is C15H21N5O. The van der Waals surface area contributed by atoms with Crippen LogP contribution >= 0.6 is 0 Å². The second-order valence-corrected chi connectivity index (χ2v) is 5.68. The van der Waals surface area contributed by atoms with Crippen molar-refractivity contribution in [1.29, 1.82) is 0 Å². The Labute approximate surface area is 124 Å². The van der Waals surface area contributed by atoms with Gasteiger partial charge in [0.25, 0.3) is 0 Å². The fraction of sp³-hybridized carbons (Fsp3) is 0.467. The number of hydrogen-bond donors (Lipinski definition) is 3. The van der Waals surface area contributed by atoms with E-state index in [-0.39, 0.29) is 0 Å². The molecule has 1 atom stereocenters. The van der Waals surface area contributed by atoms with Crippen LogP contribution in [0.25, 0.3) is 11.4 Å². The lowest BCUT2D eigenvalue weighted by Gasteiger charge is -2.31. The molecule has 0 aliphatic carbocycles. The van der Waals surface area contributed by atoms with E-state index in [1.54, 1.807) is 6.07 Å². The molecule has 0 radical (unpaired) electrons. The molecule has 21 heavy (non-hydrogen) atoms. The molecule has 2 heterocycles.